The van der Waals surface area contributed by atoms with Gasteiger partial charge in [-0.1, -0.05) is 0 Å². The maximum absolute atomic E-state index is 11.7. The highest BCUT2D eigenvalue weighted by molar-refractivity contribution is 5.67. The first-order valence-corrected chi connectivity index (χ1v) is 8.26. The van der Waals surface area contributed by atoms with Crippen molar-refractivity contribution in [3.05, 3.63) is 28.8 Å². The molecule has 1 aromatic rings. The van der Waals surface area contributed by atoms with Crippen LogP contribution in [0.3, 0.4) is 0 Å². The minimum Gasteiger partial charge on any atom is -0.507 e. The van der Waals surface area contributed by atoms with Crippen LogP contribution in [-0.4, -0.2) is 48.9 Å². The predicted molar refractivity (Wildman–Crippen MR) is 83.1 cm³/mol. The van der Waals surface area contributed by atoms with E-state index in [1.807, 2.05) is 13.0 Å². The minimum atomic E-state index is -0.207. The number of amides is 1. The molecule has 1 aromatic carbocycles. The number of nitrogens with zero attached hydrogens (tertiary/aromatic N) is 1. The van der Waals surface area contributed by atoms with Gasteiger partial charge >= 0.3 is 6.09 Å². The molecule has 0 bridgehead atoms. The molecule has 2 N–H and O–H groups in total. The zero-order valence-corrected chi connectivity index (χ0v) is 13.2. The molecule has 2 aliphatic rings. The predicted octanol–water partition coefficient (Wildman–Crippen LogP) is 0.738. The summed E-state index contributed by atoms with van der Waals surface area (Å²) in [5.74, 6) is 0.431. The number of phenols is 1. The topological polar surface area (TPSA) is 54.2 Å². The van der Waals surface area contributed by atoms with E-state index in [0.717, 1.165) is 51.1 Å². The lowest BCUT2D eigenvalue weighted by Gasteiger charge is -2.31. The number of carbonyl (C=O) groups is 1. The van der Waals surface area contributed by atoms with Crippen LogP contribution in [0.5, 0.6) is 5.75 Å². The lowest BCUT2D eigenvalue weighted by Crippen LogP contribution is -3.13. The van der Waals surface area contributed by atoms with Crippen LogP contribution in [0.4, 0.5) is 4.79 Å². The minimum absolute atomic E-state index is 0.207. The van der Waals surface area contributed by atoms with Crippen LogP contribution in [0.25, 0.3) is 0 Å². The molecule has 22 heavy (non-hydrogen) atoms. The zero-order chi connectivity index (χ0) is 15.5. The van der Waals surface area contributed by atoms with Crippen molar-refractivity contribution in [2.75, 3.05) is 32.8 Å². The number of hydrogen-bond acceptors (Lipinski definition) is 3. The summed E-state index contributed by atoms with van der Waals surface area (Å²) in [6.45, 7) is 6.32. The Hall–Kier alpha value is -1.75. The summed E-state index contributed by atoms with van der Waals surface area (Å²) in [4.78, 5) is 14.9. The molecule has 0 saturated carbocycles. The van der Waals surface area contributed by atoms with Gasteiger partial charge in [-0.25, -0.2) is 4.79 Å². The van der Waals surface area contributed by atoms with Gasteiger partial charge in [-0.15, -0.1) is 0 Å². The molecule has 1 heterocycles. The van der Waals surface area contributed by atoms with Crippen LogP contribution in [0.1, 0.15) is 30.0 Å². The highest BCUT2D eigenvalue weighted by Crippen LogP contribution is 2.28. The van der Waals surface area contributed by atoms with Gasteiger partial charge in [-0.05, 0) is 49.4 Å². The fourth-order valence-electron chi connectivity index (χ4n) is 3.47. The largest absolute Gasteiger partial charge is 0.507 e. The van der Waals surface area contributed by atoms with E-state index in [1.165, 1.54) is 22.4 Å². The number of quaternary nitrogens is 1. The Kier molecular flexibility index (Phi) is 4.52. The number of nitrogens with one attached hydrogen (secondary N) is 1. The van der Waals surface area contributed by atoms with Gasteiger partial charge in [-0.2, -0.15) is 0 Å². The summed E-state index contributed by atoms with van der Waals surface area (Å²) in [5, 5.41) is 10.2. The number of hydrogen-bond donors (Lipinski definition) is 2. The van der Waals surface area contributed by atoms with Gasteiger partial charge < -0.3 is 14.7 Å². The fourth-order valence-corrected chi connectivity index (χ4v) is 3.47. The Bertz CT molecular complexity index is 551. The first-order chi connectivity index (χ1) is 10.7. The summed E-state index contributed by atoms with van der Waals surface area (Å²) in [6.07, 6.45) is 3.22. The molecule has 5 nitrogen and oxygen atoms in total. The fraction of sp³-hybridized carbons (Fsp3) is 0.588. The lowest BCUT2D eigenvalue weighted by molar-refractivity contribution is -0.917. The standard InChI is InChI=1S/C17H24N2O3/c1-2-22-17(21)19-8-6-18(7-9-19)12-15-10-13-4-3-5-14(13)11-16(15)20/h10-11,20H,2-9,12H2,1H3/p+1. The van der Waals surface area contributed by atoms with Gasteiger partial charge in [0.05, 0.1) is 32.8 Å². The molecule has 1 amide bonds. The maximum atomic E-state index is 11.7. The first-order valence-electron chi connectivity index (χ1n) is 8.26. The van der Waals surface area contributed by atoms with E-state index in [1.54, 1.807) is 4.90 Å². The quantitative estimate of drug-likeness (QED) is 0.866. The third-order valence-corrected chi connectivity index (χ3v) is 4.73. The summed E-state index contributed by atoms with van der Waals surface area (Å²) in [6, 6.07) is 4.13. The van der Waals surface area contributed by atoms with Gasteiger partial charge in [-0.3, -0.25) is 4.90 Å². The first kappa shape index (κ1) is 15.2. The van der Waals surface area contributed by atoms with E-state index < -0.39 is 0 Å². The average molecular weight is 305 g/mol. The molecule has 0 radical (unpaired) electrons. The molecule has 1 aliphatic carbocycles. The van der Waals surface area contributed by atoms with Crippen molar-refractivity contribution in [3.63, 3.8) is 0 Å². The summed E-state index contributed by atoms with van der Waals surface area (Å²) < 4.78 is 5.04. The molecular weight excluding hydrogens is 280 g/mol. The molecule has 0 spiro atoms. The van der Waals surface area contributed by atoms with Gasteiger partial charge in [0.15, 0.2) is 0 Å². The third-order valence-electron chi connectivity index (χ3n) is 4.73. The summed E-state index contributed by atoms with van der Waals surface area (Å²) in [5.41, 5.74) is 3.75. The Morgan fingerprint density at radius 2 is 1.95 bits per heavy atom. The van der Waals surface area contributed by atoms with Crippen molar-refractivity contribution in [2.24, 2.45) is 0 Å². The number of aryl methyl sites for hydroxylation is 2. The number of aromatic hydroxyl groups is 1. The number of carbonyl (C=O) groups excluding carboxylic acids is 1. The molecule has 3 rings (SSSR count). The van der Waals surface area contributed by atoms with Gasteiger partial charge in [0.1, 0.15) is 12.3 Å². The molecule has 0 unspecified atom stereocenters. The second-order valence-corrected chi connectivity index (χ2v) is 6.22. The summed E-state index contributed by atoms with van der Waals surface area (Å²) in [7, 11) is 0. The number of fused-ring (bicyclic) bond motifs is 1. The number of rotatable bonds is 3. The van der Waals surface area contributed by atoms with Gasteiger partial charge in [0, 0.05) is 5.56 Å². The average Bonchev–Trinajstić information content (AvgIpc) is 2.95. The van der Waals surface area contributed by atoms with Crippen LogP contribution in [0, 0.1) is 0 Å². The monoisotopic (exact) mass is 305 g/mol. The van der Waals surface area contributed by atoms with Crippen LogP contribution in [0.15, 0.2) is 12.1 Å². The molecule has 1 aliphatic heterocycles. The van der Waals surface area contributed by atoms with E-state index in [-0.39, 0.29) is 6.09 Å². The number of benzene rings is 1. The molecule has 1 fully saturated rings. The normalized spacial score (nSPS) is 18.3. The van der Waals surface area contributed by atoms with E-state index in [9.17, 15) is 9.90 Å². The molecule has 5 heteroatoms. The van der Waals surface area contributed by atoms with Crippen molar-refractivity contribution >= 4 is 6.09 Å². The highest BCUT2D eigenvalue weighted by atomic mass is 16.6. The van der Waals surface area contributed by atoms with Crippen molar-refractivity contribution in [1.29, 1.82) is 0 Å². The number of phenolic OH excluding ortho intramolecular Hbond substituents is 1. The SMILES string of the molecule is CCOC(=O)N1CC[NH+](Cc2cc3c(cc2O)CCC3)CC1. The Morgan fingerprint density at radius 1 is 1.27 bits per heavy atom. The molecule has 0 atom stereocenters. The third kappa shape index (κ3) is 3.19. The van der Waals surface area contributed by atoms with Crippen LogP contribution in [0.2, 0.25) is 0 Å². The highest BCUT2D eigenvalue weighted by Gasteiger charge is 2.25. The molecule has 120 valence electrons. The van der Waals surface area contributed by atoms with Gasteiger partial charge in [0.25, 0.3) is 0 Å². The van der Waals surface area contributed by atoms with E-state index >= 15 is 0 Å². The van der Waals surface area contributed by atoms with E-state index in [2.05, 4.69) is 6.07 Å². The smallest absolute Gasteiger partial charge is 0.410 e. The summed E-state index contributed by atoms with van der Waals surface area (Å²) >= 11 is 0. The number of piperazine rings is 1. The van der Waals surface area contributed by atoms with Gasteiger partial charge in [0.2, 0.25) is 0 Å². The van der Waals surface area contributed by atoms with Crippen LogP contribution >= 0.6 is 0 Å². The van der Waals surface area contributed by atoms with Crippen LogP contribution < -0.4 is 4.90 Å². The second kappa shape index (κ2) is 6.57. The van der Waals surface area contributed by atoms with Crippen molar-refractivity contribution < 1.29 is 19.5 Å². The Balaban J connectivity index is 1.58. The van der Waals surface area contributed by atoms with E-state index in [0.29, 0.717) is 12.4 Å². The van der Waals surface area contributed by atoms with Crippen molar-refractivity contribution in [3.8, 4) is 5.75 Å². The Morgan fingerprint density at radius 3 is 2.64 bits per heavy atom. The lowest BCUT2D eigenvalue weighted by atomic mass is 10.0. The Labute approximate surface area is 131 Å². The van der Waals surface area contributed by atoms with Crippen LogP contribution in [-0.2, 0) is 24.1 Å². The maximum Gasteiger partial charge on any atom is 0.410 e. The van der Waals surface area contributed by atoms with Crippen molar-refractivity contribution in [2.45, 2.75) is 32.7 Å². The molecular formula is C17H25N2O3+. The number of ether oxygens (including phenoxy) is 1. The zero-order valence-electron chi connectivity index (χ0n) is 13.2. The van der Waals surface area contributed by atoms with Crippen molar-refractivity contribution in [1.82, 2.24) is 4.90 Å². The van der Waals surface area contributed by atoms with E-state index in [4.69, 9.17) is 4.74 Å². The molecule has 1 saturated heterocycles. The molecule has 0 aromatic heterocycles. The second-order valence-electron chi connectivity index (χ2n) is 6.22.